The van der Waals surface area contributed by atoms with Crippen molar-refractivity contribution in [1.82, 2.24) is 9.78 Å². The normalized spacial score (nSPS) is 18.8. The first kappa shape index (κ1) is 14.1. The van der Waals surface area contributed by atoms with Gasteiger partial charge in [-0.15, -0.1) is 0 Å². The van der Waals surface area contributed by atoms with Crippen LogP contribution in [-0.2, 0) is 6.54 Å². The molecule has 1 atom stereocenters. The molecule has 1 heterocycles. The summed E-state index contributed by atoms with van der Waals surface area (Å²) >= 11 is 6.15. The number of hydrogen-bond acceptors (Lipinski definition) is 3. The Bertz CT molecular complexity index is 522. The fourth-order valence-corrected chi connectivity index (χ4v) is 2.39. The standard InChI is InChI=1S/C14H20ClN3O/c1-10(2)9-18-14(19)13(15)12(8-16-18)17-11-6-4-3-5-7-11/h3-4,8,10-11,17H,5-7,9H2,1-2H3. The molecule has 0 saturated heterocycles. The van der Waals surface area contributed by atoms with E-state index in [1.54, 1.807) is 6.20 Å². The maximum atomic E-state index is 12.1. The van der Waals surface area contributed by atoms with Crippen molar-refractivity contribution in [1.29, 1.82) is 0 Å². The van der Waals surface area contributed by atoms with Gasteiger partial charge < -0.3 is 5.32 Å². The molecular formula is C14H20ClN3O. The van der Waals surface area contributed by atoms with Crippen LogP contribution in [0.2, 0.25) is 5.02 Å². The number of aromatic nitrogens is 2. The zero-order valence-corrected chi connectivity index (χ0v) is 12.2. The lowest BCUT2D eigenvalue weighted by Gasteiger charge is -2.21. The Kier molecular flexibility index (Phi) is 4.64. The van der Waals surface area contributed by atoms with Gasteiger partial charge in [-0.25, -0.2) is 4.68 Å². The summed E-state index contributed by atoms with van der Waals surface area (Å²) in [6.45, 7) is 4.68. The maximum Gasteiger partial charge on any atom is 0.287 e. The summed E-state index contributed by atoms with van der Waals surface area (Å²) < 4.78 is 1.43. The molecule has 104 valence electrons. The number of nitrogens with zero attached hydrogens (tertiary/aromatic N) is 2. The van der Waals surface area contributed by atoms with Crippen LogP contribution in [0.15, 0.2) is 23.1 Å². The second-order valence-corrected chi connectivity index (χ2v) is 5.76. The Labute approximate surface area is 118 Å². The molecule has 0 aliphatic heterocycles. The van der Waals surface area contributed by atoms with E-state index in [0.29, 0.717) is 24.2 Å². The van der Waals surface area contributed by atoms with Gasteiger partial charge >= 0.3 is 0 Å². The first-order valence-electron chi connectivity index (χ1n) is 6.75. The van der Waals surface area contributed by atoms with Gasteiger partial charge in [0.05, 0.1) is 11.9 Å². The van der Waals surface area contributed by atoms with Gasteiger partial charge in [0, 0.05) is 12.6 Å². The minimum atomic E-state index is -0.216. The number of allylic oxidation sites excluding steroid dienone is 1. The van der Waals surface area contributed by atoms with E-state index in [9.17, 15) is 4.79 Å². The van der Waals surface area contributed by atoms with Crippen LogP contribution in [0.25, 0.3) is 0 Å². The summed E-state index contributed by atoms with van der Waals surface area (Å²) in [5.41, 5.74) is 0.429. The van der Waals surface area contributed by atoms with Crippen LogP contribution in [0.1, 0.15) is 33.1 Å². The molecule has 0 spiro atoms. The third-order valence-corrected chi connectivity index (χ3v) is 3.52. The smallest absolute Gasteiger partial charge is 0.287 e. The second-order valence-electron chi connectivity index (χ2n) is 5.38. The van der Waals surface area contributed by atoms with Gasteiger partial charge in [-0.2, -0.15) is 5.10 Å². The van der Waals surface area contributed by atoms with Gasteiger partial charge in [-0.1, -0.05) is 37.6 Å². The van der Waals surface area contributed by atoms with E-state index >= 15 is 0 Å². The lowest BCUT2D eigenvalue weighted by molar-refractivity contribution is 0.464. The fourth-order valence-electron chi connectivity index (χ4n) is 2.19. The number of rotatable bonds is 4. The predicted octanol–water partition coefficient (Wildman–Crippen LogP) is 3.07. The number of halogens is 1. The lowest BCUT2D eigenvalue weighted by atomic mass is 10.0. The summed E-state index contributed by atoms with van der Waals surface area (Å²) in [6, 6.07) is 0.338. The molecule has 1 aliphatic carbocycles. The highest BCUT2D eigenvalue weighted by atomic mass is 35.5. The predicted molar refractivity (Wildman–Crippen MR) is 78.7 cm³/mol. The minimum absolute atomic E-state index is 0.216. The molecular weight excluding hydrogens is 262 g/mol. The Morgan fingerprint density at radius 2 is 2.32 bits per heavy atom. The van der Waals surface area contributed by atoms with E-state index < -0.39 is 0 Å². The Morgan fingerprint density at radius 1 is 1.53 bits per heavy atom. The molecule has 1 N–H and O–H groups in total. The SMILES string of the molecule is CC(C)Cn1ncc(NC2CC=CCC2)c(Cl)c1=O. The average molecular weight is 282 g/mol. The van der Waals surface area contributed by atoms with Crippen molar-refractivity contribution in [2.75, 3.05) is 5.32 Å². The monoisotopic (exact) mass is 281 g/mol. The maximum absolute atomic E-state index is 12.1. The number of nitrogens with one attached hydrogen (secondary N) is 1. The summed E-state index contributed by atoms with van der Waals surface area (Å²) in [5.74, 6) is 0.364. The molecule has 1 aliphatic rings. The quantitative estimate of drug-likeness (QED) is 0.863. The van der Waals surface area contributed by atoms with E-state index in [1.165, 1.54) is 4.68 Å². The van der Waals surface area contributed by atoms with Crippen LogP contribution in [-0.4, -0.2) is 15.8 Å². The molecule has 2 rings (SSSR count). The largest absolute Gasteiger partial charge is 0.379 e. The molecule has 19 heavy (non-hydrogen) atoms. The van der Waals surface area contributed by atoms with E-state index in [4.69, 9.17) is 11.6 Å². The molecule has 0 bridgehead atoms. The van der Waals surface area contributed by atoms with Crippen molar-refractivity contribution in [2.24, 2.45) is 5.92 Å². The van der Waals surface area contributed by atoms with Crippen molar-refractivity contribution >= 4 is 17.3 Å². The van der Waals surface area contributed by atoms with Gasteiger partial charge in [-0.3, -0.25) is 4.79 Å². The molecule has 1 unspecified atom stereocenters. The zero-order chi connectivity index (χ0) is 13.8. The van der Waals surface area contributed by atoms with Crippen LogP contribution in [0.3, 0.4) is 0 Å². The summed E-state index contributed by atoms with van der Waals surface area (Å²) in [5, 5.41) is 7.74. The van der Waals surface area contributed by atoms with E-state index in [1.807, 2.05) is 13.8 Å². The molecule has 1 aromatic rings. The highest BCUT2D eigenvalue weighted by molar-refractivity contribution is 6.32. The van der Waals surface area contributed by atoms with Crippen molar-refractivity contribution in [2.45, 2.75) is 45.7 Å². The highest BCUT2D eigenvalue weighted by Gasteiger charge is 2.14. The van der Waals surface area contributed by atoms with Gasteiger partial charge in [0.2, 0.25) is 0 Å². The van der Waals surface area contributed by atoms with E-state index in [2.05, 4.69) is 22.6 Å². The third-order valence-electron chi connectivity index (χ3n) is 3.15. The third kappa shape index (κ3) is 3.60. The molecule has 0 fully saturated rings. The topological polar surface area (TPSA) is 46.9 Å². The molecule has 4 nitrogen and oxygen atoms in total. The first-order chi connectivity index (χ1) is 9.08. The van der Waals surface area contributed by atoms with E-state index in [-0.39, 0.29) is 10.6 Å². The molecule has 0 saturated carbocycles. The minimum Gasteiger partial charge on any atom is -0.379 e. The van der Waals surface area contributed by atoms with Crippen LogP contribution in [0.5, 0.6) is 0 Å². The number of anilines is 1. The lowest BCUT2D eigenvalue weighted by Crippen LogP contribution is -2.28. The Hall–Kier alpha value is -1.29. The number of hydrogen-bond donors (Lipinski definition) is 1. The molecule has 1 aromatic heterocycles. The van der Waals surface area contributed by atoms with Crippen LogP contribution in [0.4, 0.5) is 5.69 Å². The van der Waals surface area contributed by atoms with Gasteiger partial charge in [0.15, 0.2) is 0 Å². The van der Waals surface area contributed by atoms with Gasteiger partial charge in [0.25, 0.3) is 5.56 Å². The Morgan fingerprint density at radius 3 is 2.95 bits per heavy atom. The van der Waals surface area contributed by atoms with Crippen molar-refractivity contribution in [3.63, 3.8) is 0 Å². The average Bonchev–Trinajstić information content (AvgIpc) is 2.39. The zero-order valence-electron chi connectivity index (χ0n) is 11.4. The second kappa shape index (κ2) is 6.24. The van der Waals surface area contributed by atoms with Crippen molar-refractivity contribution < 1.29 is 0 Å². The molecule has 0 radical (unpaired) electrons. The van der Waals surface area contributed by atoms with Crippen LogP contribution < -0.4 is 10.9 Å². The molecule has 5 heteroatoms. The van der Waals surface area contributed by atoms with E-state index in [0.717, 1.165) is 19.3 Å². The van der Waals surface area contributed by atoms with Gasteiger partial charge in [0.1, 0.15) is 5.02 Å². The van der Waals surface area contributed by atoms with Crippen molar-refractivity contribution in [3.8, 4) is 0 Å². The fraction of sp³-hybridized carbons (Fsp3) is 0.571. The molecule has 0 amide bonds. The van der Waals surface area contributed by atoms with Crippen molar-refractivity contribution in [3.05, 3.63) is 33.7 Å². The summed E-state index contributed by atoms with van der Waals surface area (Å²) in [6.07, 6.45) is 9.08. The van der Waals surface area contributed by atoms with Crippen LogP contribution in [0, 0.1) is 5.92 Å². The summed E-state index contributed by atoms with van der Waals surface area (Å²) in [7, 11) is 0. The first-order valence-corrected chi connectivity index (χ1v) is 7.13. The molecule has 0 aromatic carbocycles. The van der Waals surface area contributed by atoms with Crippen LogP contribution >= 0.6 is 11.6 Å². The summed E-state index contributed by atoms with van der Waals surface area (Å²) in [4.78, 5) is 12.1. The van der Waals surface area contributed by atoms with Gasteiger partial charge in [-0.05, 0) is 25.2 Å². The highest BCUT2D eigenvalue weighted by Crippen LogP contribution is 2.21. The Balaban J connectivity index is 2.16.